The molecule has 1 rings (SSSR count). The second kappa shape index (κ2) is 9.03. The lowest BCUT2D eigenvalue weighted by molar-refractivity contribution is 0.198. The average molecular weight is 279 g/mol. The average Bonchev–Trinajstić information content (AvgIpc) is 2.39. The molecule has 20 heavy (non-hydrogen) atoms. The molecule has 0 saturated carbocycles. The van der Waals surface area contributed by atoms with Crippen LogP contribution < -0.4 is 5.32 Å². The molecule has 0 bridgehead atoms. The van der Waals surface area contributed by atoms with Gasteiger partial charge in [-0.3, -0.25) is 0 Å². The van der Waals surface area contributed by atoms with E-state index in [2.05, 4.69) is 43.0 Å². The summed E-state index contributed by atoms with van der Waals surface area (Å²) in [6.45, 7) is 11.3. The summed E-state index contributed by atoms with van der Waals surface area (Å²) in [4.78, 5) is 9.27. The fourth-order valence-electron chi connectivity index (χ4n) is 2.38. The van der Waals surface area contributed by atoms with Crippen molar-refractivity contribution in [2.24, 2.45) is 5.92 Å². The van der Waals surface area contributed by atoms with Crippen molar-refractivity contribution >= 4 is 0 Å². The standard InChI is InChI=1S/C16H29N3O/c1-6-7-16-18-13(3)15(14(4)19-16)10-12(2)11-17-8-9-20-5/h12,17H,6-11H2,1-5H3. The van der Waals surface area contributed by atoms with Crippen LogP contribution in [0, 0.1) is 19.8 Å². The number of ether oxygens (including phenoxy) is 1. The molecule has 0 saturated heterocycles. The van der Waals surface area contributed by atoms with E-state index in [1.807, 2.05) is 0 Å². The number of nitrogens with zero attached hydrogens (tertiary/aromatic N) is 2. The minimum atomic E-state index is 0.574. The Morgan fingerprint density at radius 2 is 1.85 bits per heavy atom. The third kappa shape index (κ3) is 5.55. The molecule has 1 aromatic rings. The van der Waals surface area contributed by atoms with E-state index < -0.39 is 0 Å². The summed E-state index contributed by atoms with van der Waals surface area (Å²) in [5, 5.41) is 3.41. The van der Waals surface area contributed by atoms with E-state index in [9.17, 15) is 0 Å². The van der Waals surface area contributed by atoms with E-state index in [1.165, 1.54) is 5.56 Å². The lowest BCUT2D eigenvalue weighted by Crippen LogP contribution is -2.26. The molecule has 0 fully saturated rings. The van der Waals surface area contributed by atoms with Gasteiger partial charge in [-0.2, -0.15) is 0 Å². The fraction of sp³-hybridized carbons (Fsp3) is 0.750. The van der Waals surface area contributed by atoms with Gasteiger partial charge < -0.3 is 10.1 Å². The molecular formula is C16H29N3O. The minimum Gasteiger partial charge on any atom is -0.383 e. The van der Waals surface area contributed by atoms with Crippen LogP contribution in [-0.4, -0.2) is 36.8 Å². The summed E-state index contributed by atoms with van der Waals surface area (Å²) < 4.78 is 5.03. The number of hydrogen-bond acceptors (Lipinski definition) is 4. The smallest absolute Gasteiger partial charge is 0.128 e. The van der Waals surface area contributed by atoms with Gasteiger partial charge in [-0.05, 0) is 44.7 Å². The van der Waals surface area contributed by atoms with Gasteiger partial charge in [0.25, 0.3) is 0 Å². The summed E-state index contributed by atoms with van der Waals surface area (Å²) >= 11 is 0. The van der Waals surface area contributed by atoms with Crippen molar-refractivity contribution in [3.63, 3.8) is 0 Å². The predicted octanol–water partition coefficient (Wildman–Crippen LogP) is 2.46. The molecule has 1 aromatic heterocycles. The molecule has 0 amide bonds. The van der Waals surface area contributed by atoms with E-state index >= 15 is 0 Å². The summed E-state index contributed by atoms with van der Waals surface area (Å²) in [6, 6.07) is 0. The number of rotatable bonds is 9. The van der Waals surface area contributed by atoms with Gasteiger partial charge in [0.1, 0.15) is 5.82 Å². The number of aryl methyl sites for hydroxylation is 3. The van der Waals surface area contributed by atoms with Gasteiger partial charge in [-0.25, -0.2) is 9.97 Å². The van der Waals surface area contributed by atoms with Gasteiger partial charge in [0.2, 0.25) is 0 Å². The molecule has 0 aromatic carbocycles. The van der Waals surface area contributed by atoms with Crippen LogP contribution in [-0.2, 0) is 17.6 Å². The number of hydrogen-bond donors (Lipinski definition) is 1. The fourth-order valence-corrected chi connectivity index (χ4v) is 2.38. The first-order valence-electron chi connectivity index (χ1n) is 7.61. The van der Waals surface area contributed by atoms with Crippen LogP contribution in [0.15, 0.2) is 0 Å². The van der Waals surface area contributed by atoms with Crippen molar-refractivity contribution in [1.29, 1.82) is 0 Å². The normalized spacial score (nSPS) is 12.7. The Hall–Kier alpha value is -1.00. The van der Waals surface area contributed by atoms with Crippen LogP contribution in [0.3, 0.4) is 0 Å². The van der Waals surface area contributed by atoms with Crippen molar-refractivity contribution in [1.82, 2.24) is 15.3 Å². The van der Waals surface area contributed by atoms with E-state index in [1.54, 1.807) is 7.11 Å². The van der Waals surface area contributed by atoms with Crippen molar-refractivity contribution in [2.75, 3.05) is 26.8 Å². The summed E-state index contributed by atoms with van der Waals surface area (Å²) in [6.07, 6.45) is 3.10. The highest BCUT2D eigenvalue weighted by Gasteiger charge is 2.11. The molecule has 0 radical (unpaired) electrons. The molecule has 0 spiro atoms. The quantitative estimate of drug-likeness (QED) is 0.705. The van der Waals surface area contributed by atoms with Gasteiger partial charge in [0.15, 0.2) is 0 Å². The first kappa shape index (κ1) is 17.1. The van der Waals surface area contributed by atoms with Crippen LogP contribution in [0.5, 0.6) is 0 Å². The first-order chi connectivity index (χ1) is 9.58. The minimum absolute atomic E-state index is 0.574. The first-order valence-corrected chi connectivity index (χ1v) is 7.61. The van der Waals surface area contributed by atoms with Crippen LogP contribution in [0.4, 0.5) is 0 Å². The van der Waals surface area contributed by atoms with Crippen molar-refractivity contribution in [2.45, 2.75) is 47.0 Å². The highest BCUT2D eigenvalue weighted by atomic mass is 16.5. The summed E-state index contributed by atoms with van der Waals surface area (Å²) in [5.41, 5.74) is 3.60. The molecule has 114 valence electrons. The molecular weight excluding hydrogens is 250 g/mol. The van der Waals surface area contributed by atoms with E-state index in [0.29, 0.717) is 5.92 Å². The Labute approximate surface area is 123 Å². The highest BCUT2D eigenvalue weighted by Crippen LogP contribution is 2.15. The van der Waals surface area contributed by atoms with Crippen LogP contribution >= 0.6 is 0 Å². The Kier molecular flexibility index (Phi) is 7.70. The van der Waals surface area contributed by atoms with E-state index in [0.717, 1.165) is 56.2 Å². The topological polar surface area (TPSA) is 47.0 Å². The summed E-state index contributed by atoms with van der Waals surface area (Å²) in [5.74, 6) is 1.56. The number of methoxy groups -OCH3 is 1. The highest BCUT2D eigenvalue weighted by molar-refractivity contribution is 5.25. The van der Waals surface area contributed by atoms with Crippen LogP contribution in [0.25, 0.3) is 0 Å². The van der Waals surface area contributed by atoms with E-state index in [4.69, 9.17) is 4.74 Å². The van der Waals surface area contributed by atoms with Gasteiger partial charge in [-0.1, -0.05) is 13.8 Å². The maximum absolute atomic E-state index is 5.03. The monoisotopic (exact) mass is 279 g/mol. The zero-order valence-electron chi connectivity index (χ0n) is 13.6. The molecule has 0 aliphatic heterocycles. The Morgan fingerprint density at radius 1 is 1.20 bits per heavy atom. The Morgan fingerprint density at radius 3 is 2.40 bits per heavy atom. The molecule has 1 unspecified atom stereocenters. The molecule has 4 heteroatoms. The maximum Gasteiger partial charge on any atom is 0.128 e. The third-order valence-electron chi connectivity index (χ3n) is 3.47. The third-order valence-corrected chi connectivity index (χ3v) is 3.47. The molecule has 1 N–H and O–H groups in total. The second-order valence-corrected chi connectivity index (χ2v) is 5.55. The SMILES string of the molecule is CCCc1nc(C)c(CC(C)CNCCOC)c(C)n1. The second-order valence-electron chi connectivity index (χ2n) is 5.55. The maximum atomic E-state index is 5.03. The van der Waals surface area contributed by atoms with Gasteiger partial charge in [0, 0.05) is 31.5 Å². The zero-order chi connectivity index (χ0) is 15.0. The molecule has 1 heterocycles. The zero-order valence-corrected chi connectivity index (χ0v) is 13.6. The summed E-state index contributed by atoms with van der Waals surface area (Å²) in [7, 11) is 1.73. The Bertz CT molecular complexity index is 384. The van der Waals surface area contributed by atoms with E-state index in [-0.39, 0.29) is 0 Å². The number of nitrogens with one attached hydrogen (secondary N) is 1. The lowest BCUT2D eigenvalue weighted by Gasteiger charge is -2.16. The number of aromatic nitrogens is 2. The van der Waals surface area contributed by atoms with Gasteiger partial charge in [0.05, 0.1) is 6.61 Å². The van der Waals surface area contributed by atoms with Crippen molar-refractivity contribution < 1.29 is 4.74 Å². The van der Waals surface area contributed by atoms with Crippen molar-refractivity contribution in [3.05, 3.63) is 22.8 Å². The van der Waals surface area contributed by atoms with Gasteiger partial charge in [-0.15, -0.1) is 0 Å². The van der Waals surface area contributed by atoms with Crippen molar-refractivity contribution in [3.8, 4) is 0 Å². The predicted molar refractivity (Wildman–Crippen MR) is 83.1 cm³/mol. The van der Waals surface area contributed by atoms with Gasteiger partial charge >= 0.3 is 0 Å². The molecule has 4 nitrogen and oxygen atoms in total. The molecule has 0 aliphatic rings. The van der Waals surface area contributed by atoms with Crippen LogP contribution in [0.1, 0.15) is 43.0 Å². The van der Waals surface area contributed by atoms with Crippen LogP contribution in [0.2, 0.25) is 0 Å². The largest absolute Gasteiger partial charge is 0.383 e. The molecule has 0 aliphatic carbocycles. The lowest BCUT2D eigenvalue weighted by atomic mass is 9.98. The Balaban J connectivity index is 2.58. The molecule has 1 atom stereocenters.